The standard InChI is InChI=1S/C18H21FN4O4/c1-12-10-13(22-8-6-20-7-9-22)2-3-14(12)16(26)23(11-24)18(19)5-4-15(25)21-17(18)27/h2-3,10-11,20H,4-9H2,1H3,(H,21,25,27). The third-order valence-corrected chi connectivity index (χ3v) is 4.91. The Morgan fingerprint density at radius 2 is 2.00 bits per heavy atom. The molecule has 1 aromatic carbocycles. The number of piperidine rings is 1. The second-order valence-electron chi connectivity index (χ2n) is 6.65. The Labute approximate surface area is 155 Å². The number of nitrogens with one attached hydrogen (secondary N) is 2. The molecule has 2 N–H and O–H groups in total. The van der Waals surface area contributed by atoms with Crippen molar-refractivity contribution in [1.29, 1.82) is 0 Å². The maximum absolute atomic E-state index is 15.1. The predicted octanol–water partition coefficient (Wildman–Crippen LogP) is 0.106. The zero-order valence-electron chi connectivity index (χ0n) is 15.0. The molecule has 0 aliphatic carbocycles. The Bertz CT molecular complexity index is 794. The molecule has 1 unspecified atom stereocenters. The lowest BCUT2D eigenvalue weighted by atomic mass is 9.99. The van der Waals surface area contributed by atoms with Crippen molar-refractivity contribution in [3.8, 4) is 0 Å². The van der Waals surface area contributed by atoms with Crippen molar-refractivity contribution in [3.05, 3.63) is 29.3 Å². The number of carbonyl (C=O) groups is 4. The summed E-state index contributed by atoms with van der Waals surface area (Å²) in [5.41, 5.74) is 1.63. The number of carbonyl (C=O) groups excluding carboxylic acids is 4. The Hall–Kier alpha value is -2.81. The summed E-state index contributed by atoms with van der Waals surface area (Å²) in [5.74, 6) is -5.73. The van der Waals surface area contributed by atoms with Crippen LogP contribution in [-0.4, -0.2) is 61.0 Å². The highest BCUT2D eigenvalue weighted by Gasteiger charge is 2.51. The lowest BCUT2D eigenvalue weighted by Crippen LogP contribution is -2.61. The number of rotatable bonds is 4. The lowest BCUT2D eigenvalue weighted by molar-refractivity contribution is -0.157. The van der Waals surface area contributed by atoms with Crippen LogP contribution >= 0.6 is 0 Å². The average Bonchev–Trinajstić information content (AvgIpc) is 2.66. The van der Waals surface area contributed by atoms with Gasteiger partial charge in [0.05, 0.1) is 0 Å². The Balaban J connectivity index is 1.86. The normalized spacial score (nSPS) is 23.0. The molecule has 0 aromatic heterocycles. The number of imide groups is 2. The third-order valence-electron chi connectivity index (χ3n) is 4.91. The summed E-state index contributed by atoms with van der Waals surface area (Å²) in [6.07, 6.45) is -0.845. The fourth-order valence-electron chi connectivity index (χ4n) is 3.34. The summed E-state index contributed by atoms with van der Waals surface area (Å²) in [6, 6.07) is 5.07. The van der Waals surface area contributed by atoms with E-state index in [1.165, 1.54) is 6.07 Å². The zero-order chi connectivity index (χ0) is 19.6. The molecule has 8 nitrogen and oxygen atoms in total. The smallest absolute Gasteiger partial charge is 0.285 e. The molecule has 2 aliphatic rings. The van der Waals surface area contributed by atoms with Crippen LogP contribution < -0.4 is 15.5 Å². The topological polar surface area (TPSA) is 98.8 Å². The van der Waals surface area contributed by atoms with Gasteiger partial charge in [-0.2, -0.15) is 0 Å². The molecule has 4 amide bonds. The summed E-state index contributed by atoms with van der Waals surface area (Å²) in [7, 11) is 0. The number of piperazine rings is 1. The molecule has 3 rings (SSSR count). The van der Waals surface area contributed by atoms with Gasteiger partial charge < -0.3 is 10.2 Å². The van der Waals surface area contributed by atoms with Crippen molar-refractivity contribution in [1.82, 2.24) is 15.5 Å². The van der Waals surface area contributed by atoms with Gasteiger partial charge in [0.15, 0.2) is 0 Å². The molecule has 2 fully saturated rings. The number of hydrogen-bond donors (Lipinski definition) is 2. The van der Waals surface area contributed by atoms with E-state index in [1.54, 1.807) is 19.1 Å². The predicted molar refractivity (Wildman–Crippen MR) is 94.7 cm³/mol. The highest BCUT2D eigenvalue weighted by molar-refractivity contribution is 6.09. The molecule has 144 valence electrons. The molecule has 0 saturated carbocycles. The highest BCUT2D eigenvalue weighted by Crippen LogP contribution is 2.29. The molecule has 0 radical (unpaired) electrons. The number of halogens is 1. The molecule has 27 heavy (non-hydrogen) atoms. The van der Waals surface area contributed by atoms with E-state index >= 15 is 4.39 Å². The largest absolute Gasteiger partial charge is 0.369 e. The van der Waals surface area contributed by atoms with E-state index in [0.29, 0.717) is 5.56 Å². The van der Waals surface area contributed by atoms with Gasteiger partial charge in [-0.15, -0.1) is 0 Å². The van der Waals surface area contributed by atoms with Gasteiger partial charge in [-0.25, -0.2) is 9.29 Å². The third kappa shape index (κ3) is 3.55. The minimum atomic E-state index is -2.88. The van der Waals surface area contributed by atoms with E-state index in [-0.39, 0.29) is 23.3 Å². The fourth-order valence-corrected chi connectivity index (χ4v) is 3.34. The van der Waals surface area contributed by atoms with Crippen molar-refractivity contribution in [2.24, 2.45) is 0 Å². The van der Waals surface area contributed by atoms with Gasteiger partial charge in [-0.05, 0) is 30.7 Å². The van der Waals surface area contributed by atoms with Crippen LogP contribution in [0, 0.1) is 6.92 Å². The van der Waals surface area contributed by atoms with E-state index in [9.17, 15) is 19.2 Å². The molecule has 0 spiro atoms. The van der Waals surface area contributed by atoms with E-state index < -0.39 is 29.9 Å². The molecular weight excluding hydrogens is 355 g/mol. The van der Waals surface area contributed by atoms with Crippen molar-refractivity contribution in [2.75, 3.05) is 31.1 Å². The first kappa shape index (κ1) is 19.0. The van der Waals surface area contributed by atoms with Gasteiger partial charge in [0.1, 0.15) is 0 Å². The number of benzene rings is 1. The van der Waals surface area contributed by atoms with Crippen LogP contribution in [0.15, 0.2) is 18.2 Å². The quantitative estimate of drug-likeness (QED) is 0.440. The van der Waals surface area contributed by atoms with Crippen LogP contribution in [0.2, 0.25) is 0 Å². The minimum Gasteiger partial charge on any atom is -0.369 e. The minimum absolute atomic E-state index is 0.00135. The van der Waals surface area contributed by atoms with Gasteiger partial charge in [0, 0.05) is 50.3 Å². The molecule has 0 bridgehead atoms. The molecule has 1 atom stereocenters. The van der Waals surface area contributed by atoms with Crippen molar-refractivity contribution in [2.45, 2.75) is 25.6 Å². The van der Waals surface area contributed by atoms with Crippen LogP contribution in [0.4, 0.5) is 10.1 Å². The summed E-state index contributed by atoms with van der Waals surface area (Å²) >= 11 is 0. The van der Waals surface area contributed by atoms with Crippen LogP contribution in [0.1, 0.15) is 28.8 Å². The number of anilines is 1. The van der Waals surface area contributed by atoms with Crippen LogP contribution in [-0.2, 0) is 14.4 Å². The first-order valence-electron chi connectivity index (χ1n) is 8.75. The Kier molecular flexibility index (Phi) is 5.22. The fraction of sp³-hybridized carbons (Fsp3) is 0.444. The summed E-state index contributed by atoms with van der Waals surface area (Å²) in [6.45, 7) is 5.06. The van der Waals surface area contributed by atoms with Crippen LogP contribution in [0.25, 0.3) is 0 Å². The van der Waals surface area contributed by atoms with E-state index in [1.807, 2.05) is 5.32 Å². The molecule has 2 heterocycles. The Morgan fingerprint density at radius 3 is 2.59 bits per heavy atom. The molecular formula is C18H21FN4O4. The average molecular weight is 376 g/mol. The molecule has 9 heteroatoms. The van der Waals surface area contributed by atoms with Crippen LogP contribution in [0.5, 0.6) is 0 Å². The zero-order valence-corrected chi connectivity index (χ0v) is 15.0. The number of aryl methyl sites for hydroxylation is 1. The second-order valence-corrected chi connectivity index (χ2v) is 6.65. The monoisotopic (exact) mass is 376 g/mol. The first-order chi connectivity index (χ1) is 12.9. The van der Waals surface area contributed by atoms with Crippen molar-refractivity contribution < 1.29 is 23.6 Å². The maximum atomic E-state index is 15.1. The molecule has 2 aliphatic heterocycles. The van der Waals surface area contributed by atoms with Gasteiger partial charge in [0.25, 0.3) is 17.6 Å². The van der Waals surface area contributed by atoms with Gasteiger partial charge in [-0.1, -0.05) is 0 Å². The van der Waals surface area contributed by atoms with E-state index in [4.69, 9.17) is 0 Å². The summed E-state index contributed by atoms with van der Waals surface area (Å²) in [4.78, 5) is 49.8. The maximum Gasteiger partial charge on any atom is 0.285 e. The molecule has 1 aromatic rings. The number of amides is 4. The lowest BCUT2D eigenvalue weighted by Gasteiger charge is -2.34. The second kappa shape index (κ2) is 7.43. The van der Waals surface area contributed by atoms with Gasteiger partial charge in [-0.3, -0.25) is 24.5 Å². The highest BCUT2D eigenvalue weighted by atomic mass is 19.1. The first-order valence-corrected chi connectivity index (χ1v) is 8.75. The number of alkyl halides is 1. The van der Waals surface area contributed by atoms with Crippen molar-refractivity contribution in [3.63, 3.8) is 0 Å². The van der Waals surface area contributed by atoms with Gasteiger partial charge in [0.2, 0.25) is 12.3 Å². The van der Waals surface area contributed by atoms with E-state index in [0.717, 1.165) is 31.9 Å². The number of hydrogen-bond acceptors (Lipinski definition) is 6. The summed E-state index contributed by atoms with van der Waals surface area (Å²) < 4.78 is 15.1. The van der Waals surface area contributed by atoms with Crippen LogP contribution in [0.3, 0.4) is 0 Å². The summed E-state index contributed by atoms with van der Waals surface area (Å²) in [5, 5.41) is 5.09. The SMILES string of the molecule is Cc1cc(N2CCNCC2)ccc1C(=O)N(C=O)C1(F)CCC(=O)NC1=O. The Morgan fingerprint density at radius 1 is 1.30 bits per heavy atom. The number of nitrogens with zero attached hydrogens (tertiary/aromatic N) is 2. The van der Waals surface area contributed by atoms with E-state index in [2.05, 4.69) is 10.2 Å². The molecule has 2 saturated heterocycles. The van der Waals surface area contributed by atoms with Crippen molar-refractivity contribution >= 4 is 29.8 Å². The van der Waals surface area contributed by atoms with Gasteiger partial charge >= 0.3 is 0 Å².